The van der Waals surface area contributed by atoms with E-state index in [2.05, 4.69) is 22.0 Å². The Morgan fingerprint density at radius 2 is 1.83 bits per heavy atom. The fourth-order valence-corrected chi connectivity index (χ4v) is 6.69. The van der Waals surface area contributed by atoms with Crippen LogP contribution >= 0.6 is 27.3 Å². The van der Waals surface area contributed by atoms with Crippen molar-refractivity contribution in [1.82, 2.24) is 4.57 Å². The van der Waals surface area contributed by atoms with Crippen molar-refractivity contribution in [2.75, 3.05) is 20.8 Å². The van der Waals surface area contributed by atoms with E-state index in [0.29, 0.717) is 61.0 Å². The molecule has 9 nitrogen and oxygen atoms in total. The van der Waals surface area contributed by atoms with Crippen LogP contribution in [0.25, 0.3) is 6.08 Å². The smallest absolute Gasteiger partial charge is 0.338 e. The van der Waals surface area contributed by atoms with E-state index in [9.17, 15) is 14.9 Å². The Hall–Kier alpha value is -4.66. The van der Waals surface area contributed by atoms with Crippen molar-refractivity contribution in [1.29, 1.82) is 5.26 Å². The van der Waals surface area contributed by atoms with Gasteiger partial charge in [-0.25, -0.2) is 9.79 Å². The largest absolute Gasteiger partial charge is 0.496 e. The van der Waals surface area contributed by atoms with Crippen LogP contribution in [0.4, 0.5) is 0 Å². The summed E-state index contributed by atoms with van der Waals surface area (Å²) < 4.78 is 25.6. The number of thiazole rings is 1. The van der Waals surface area contributed by atoms with Gasteiger partial charge in [0.05, 0.1) is 48.3 Å². The number of fused-ring (bicyclic) bond motifs is 1. The van der Waals surface area contributed by atoms with Crippen LogP contribution in [-0.4, -0.2) is 31.4 Å². The lowest BCUT2D eigenvalue weighted by atomic mass is 9.93. The van der Waals surface area contributed by atoms with Crippen LogP contribution in [0.15, 0.2) is 86.2 Å². The molecule has 236 valence electrons. The molecule has 3 aromatic carbocycles. The number of allylic oxidation sites excluding steroid dienone is 1. The highest BCUT2D eigenvalue weighted by Gasteiger charge is 2.36. The van der Waals surface area contributed by atoms with Gasteiger partial charge in [0.25, 0.3) is 5.56 Å². The number of rotatable bonds is 11. The van der Waals surface area contributed by atoms with Gasteiger partial charge in [0.1, 0.15) is 18.4 Å². The highest BCUT2D eigenvalue weighted by Crippen LogP contribution is 2.38. The van der Waals surface area contributed by atoms with E-state index in [0.717, 1.165) is 16.5 Å². The van der Waals surface area contributed by atoms with Crippen LogP contribution in [0.5, 0.6) is 17.2 Å². The van der Waals surface area contributed by atoms with Crippen molar-refractivity contribution in [3.05, 3.63) is 118 Å². The molecule has 0 radical (unpaired) electrons. The standard InChI is InChI=1S/C35H32BrN3O6S/c1-5-9-26-31(34(41)44-6-2)32(25-18-24(36)13-15-27(25)42-3)39-33(40)30(46-35(39)38-26)17-21-12-14-28(29(16-21)43-4)45-20-23-11-8-7-10-22(23)19-37/h7-8,10-18,32H,5-6,9,20H2,1-4H3/b30-17+/t32-/m1/s1. The van der Waals surface area contributed by atoms with Crippen LogP contribution in [0, 0.1) is 11.3 Å². The van der Waals surface area contributed by atoms with Crippen molar-refractivity contribution in [2.24, 2.45) is 4.99 Å². The van der Waals surface area contributed by atoms with Crippen LogP contribution in [-0.2, 0) is 16.1 Å². The summed E-state index contributed by atoms with van der Waals surface area (Å²) in [7, 11) is 3.10. The number of aromatic nitrogens is 1. The minimum Gasteiger partial charge on any atom is -0.496 e. The summed E-state index contributed by atoms with van der Waals surface area (Å²) in [5.74, 6) is 0.982. The zero-order chi connectivity index (χ0) is 32.8. The van der Waals surface area contributed by atoms with Gasteiger partial charge >= 0.3 is 5.97 Å². The number of carbonyl (C=O) groups is 1. The molecule has 0 saturated heterocycles. The lowest BCUT2D eigenvalue weighted by Crippen LogP contribution is -2.40. The van der Waals surface area contributed by atoms with E-state index in [-0.39, 0.29) is 18.8 Å². The summed E-state index contributed by atoms with van der Waals surface area (Å²) in [6.45, 7) is 4.14. The Labute approximate surface area is 278 Å². The van der Waals surface area contributed by atoms with Crippen LogP contribution < -0.4 is 29.1 Å². The minimum absolute atomic E-state index is 0.181. The van der Waals surface area contributed by atoms with E-state index in [1.807, 2.05) is 37.3 Å². The molecule has 1 aliphatic heterocycles. The van der Waals surface area contributed by atoms with E-state index in [1.54, 1.807) is 62.1 Å². The molecule has 0 spiro atoms. The maximum absolute atomic E-state index is 14.2. The fraction of sp³-hybridized carbons (Fsp3) is 0.257. The number of hydrogen-bond acceptors (Lipinski definition) is 9. The highest BCUT2D eigenvalue weighted by molar-refractivity contribution is 9.10. The van der Waals surface area contributed by atoms with Crippen molar-refractivity contribution >= 4 is 39.3 Å². The minimum atomic E-state index is -0.812. The third-order valence-corrected chi connectivity index (χ3v) is 8.86. The Kier molecular flexibility index (Phi) is 10.4. The SMILES string of the molecule is CCCC1=C(C(=O)OCC)[C@@H](c2cc(Br)ccc2OC)n2c(s/c(=C/c3ccc(OCc4ccccc4C#N)c(OC)c3)c2=O)=N1. The Balaban J connectivity index is 1.62. The van der Waals surface area contributed by atoms with Crippen LogP contribution in [0.3, 0.4) is 0 Å². The molecular formula is C35H32BrN3O6S. The molecule has 0 N–H and O–H groups in total. The number of benzene rings is 3. The molecule has 1 aliphatic rings. The third kappa shape index (κ3) is 6.64. The molecule has 0 aliphatic carbocycles. The maximum atomic E-state index is 14.2. The number of nitrogens with zero attached hydrogens (tertiary/aromatic N) is 3. The molecule has 1 atom stereocenters. The van der Waals surface area contributed by atoms with Gasteiger partial charge < -0.3 is 18.9 Å². The Morgan fingerprint density at radius 3 is 2.54 bits per heavy atom. The average molecular weight is 703 g/mol. The van der Waals surface area contributed by atoms with Crippen molar-refractivity contribution < 1.29 is 23.7 Å². The normalized spacial score (nSPS) is 14.3. The molecule has 0 fully saturated rings. The number of halogens is 1. The molecule has 11 heteroatoms. The molecule has 2 heterocycles. The zero-order valence-corrected chi connectivity index (χ0v) is 28.2. The molecular weight excluding hydrogens is 670 g/mol. The first kappa shape index (κ1) is 32.7. The van der Waals surface area contributed by atoms with Gasteiger partial charge in [-0.2, -0.15) is 5.26 Å². The molecule has 1 aromatic heterocycles. The quantitative estimate of drug-likeness (QED) is 0.182. The number of methoxy groups -OCH3 is 2. The molecule has 0 bridgehead atoms. The average Bonchev–Trinajstić information content (AvgIpc) is 3.37. The van der Waals surface area contributed by atoms with Gasteiger partial charge in [0.2, 0.25) is 0 Å². The van der Waals surface area contributed by atoms with Crippen molar-refractivity contribution in [3.8, 4) is 23.3 Å². The Bertz CT molecular complexity index is 2040. The fourth-order valence-electron chi connectivity index (χ4n) is 5.29. The summed E-state index contributed by atoms with van der Waals surface area (Å²) in [5.41, 5.74) is 3.25. The molecule has 46 heavy (non-hydrogen) atoms. The monoisotopic (exact) mass is 701 g/mol. The third-order valence-electron chi connectivity index (χ3n) is 7.38. The second kappa shape index (κ2) is 14.6. The molecule has 5 rings (SSSR count). The second-order valence-electron chi connectivity index (χ2n) is 10.3. The number of hydrogen-bond donors (Lipinski definition) is 0. The first-order valence-corrected chi connectivity index (χ1v) is 16.3. The van der Waals surface area contributed by atoms with Crippen LogP contribution in [0.2, 0.25) is 0 Å². The predicted molar refractivity (Wildman–Crippen MR) is 179 cm³/mol. The van der Waals surface area contributed by atoms with E-state index < -0.39 is 12.0 Å². The van der Waals surface area contributed by atoms with E-state index in [4.69, 9.17) is 23.9 Å². The van der Waals surface area contributed by atoms with Gasteiger partial charge in [-0.1, -0.05) is 64.9 Å². The van der Waals surface area contributed by atoms with E-state index in [1.165, 1.54) is 11.3 Å². The Morgan fingerprint density at radius 1 is 1.07 bits per heavy atom. The summed E-state index contributed by atoms with van der Waals surface area (Å²) >= 11 is 4.79. The highest BCUT2D eigenvalue weighted by atomic mass is 79.9. The lowest BCUT2D eigenvalue weighted by Gasteiger charge is -2.27. The summed E-state index contributed by atoms with van der Waals surface area (Å²) in [6.07, 6.45) is 3.04. The van der Waals surface area contributed by atoms with Crippen molar-refractivity contribution in [2.45, 2.75) is 39.3 Å². The molecule has 4 aromatic rings. The summed E-state index contributed by atoms with van der Waals surface area (Å²) in [5, 5.41) is 9.40. The number of nitriles is 1. The first-order valence-electron chi connectivity index (χ1n) is 14.7. The van der Waals surface area contributed by atoms with E-state index >= 15 is 0 Å². The van der Waals surface area contributed by atoms with Gasteiger partial charge in [-0.05, 0) is 61.4 Å². The second-order valence-corrected chi connectivity index (χ2v) is 12.2. The topological polar surface area (TPSA) is 112 Å². The lowest BCUT2D eigenvalue weighted by molar-refractivity contribution is -0.139. The number of ether oxygens (including phenoxy) is 4. The number of esters is 1. The molecule has 0 amide bonds. The molecule has 0 unspecified atom stereocenters. The maximum Gasteiger partial charge on any atom is 0.338 e. The van der Waals surface area contributed by atoms with Crippen LogP contribution in [0.1, 0.15) is 55.0 Å². The van der Waals surface area contributed by atoms with Gasteiger partial charge in [-0.15, -0.1) is 0 Å². The zero-order valence-electron chi connectivity index (χ0n) is 25.8. The van der Waals surface area contributed by atoms with Crippen molar-refractivity contribution in [3.63, 3.8) is 0 Å². The number of carbonyl (C=O) groups excluding carboxylic acids is 1. The first-order chi connectivity index (χ1) is 22.3. The van der Waals surface area contributed by atoms with Gasteiger partial charge in [-0.3, -0.25) is 9.36 Å². The van der Waals surface area contributed by atoms with Gasteiger partial charge in [0, 0.05) is 15.6 Å². The summed E-state index contributed by atoms with van der Waals surface area (Å²) in [4.78, 5) is 33.0. The van der Waals surface area contributed by atoms with Gasteiger partial charge in [0.15, 0.2) is 16.3 Å². The molecule has 0 saturated carbocycles. The summed E-state index contributed by atoms with van der Waals surface area (Å²) in [6, 6.07) is 19.5. The predicted octanol–water partition coefficient (Wildman–Crippen LogP) is 5.81.